The van der Waals surface area contributed by atoms with Crippen LogP contribution in [-0.2, 0) is 9.53 Å². The van der Waals surface area contributed by atoms with Gasteiger partial charge in [-0.2, -0.15) is 0 Å². The summed E-state index contributed by atoms with van der Waals surface area (Å²) in [5.41, 5.74) is -0.157. The Balaban J connectivity index is 2.42. The highest BCUT2D eigenvalue weighted by Crippen LogP contribution is 2.20. The molecular weight excluding hydrogens is 182 g/mol. The molecule has 1 aliphatic rings. The van der Waals surface area contributed by atoms with Crippen LogP contribution in [0.15, 0.2) is 0 Å². The van der Waals surface area contributed by atoms with Crippen LogP contribution in [0.1, 0.15) is 27.2 Å². The van der Waals surface area contributed by atoms with Gasteiger partial charge in [0.15, 0.2) is 0 Å². The summed E-state index contributed by atoms with van der Waals surface area (Å²) in [6.07, 6.45) is 0.399. The van der Waals surface area contributed by atoms with Crippen molar-refractivity contribution in [2.24, 2.45) is 0 Å². The third-order valence-electron chi connectivity index (χ3n) is 2.28. The summed E-state index contributed by atoms with van der Waals surface area (Å²) in [4.78, 5) is 12.6. The van der Waals surface area contributed by atoms with E-state index in [0.717, 1.165) is 13.1 Å². The van der Waals surface area contributed by atoms with E-state index in [0.29, 0.717) is 6.54 Å². The number of morpholine rings is 1. The van der Waals surface area contributed by atoms with Crippen LogP contribution >= 0.6 is 0 Å². The standard InChI is InChI=1S/C10H19NO3/c1-8-6-11(5-4-9(12)13)7-10(2,3)14-8/h8H,4-7H2,1-3H3,(H,12,13). The van der Waals surface area contributed by atoms with Crippen molar-refractivity contribution in [1.29, 1.82) is 0 Å². The van der Waals surface area contributed by atoms with Crippen LogP contribution in [0, 0.1) is 0 Å². The lowest BCUT2D eigenvalue weighted by Crippen LogP contribution is -2.52. The molecule has 1 saturated heterocycles. The van der Waals surface area contributed by atoms with Crippen molar-refractivity contribution in [1.82, 2.24) is 4.90 Å². The van der Waals surface area contributed by atoms with E-state index >= 15 is 0 Å². The van der Waals surface area contributed by atoms with Gasteiger partial charge in [-0.3, -0.25) is 9.69 Å². The van der Waals surface area contributed by atoms with E-state index in [-0.39, 0.29) is 18.1 Å². The van der Waals surface area contributed by atoms with Crippen LogP contribution in [0.4, 0.5) is 0 Å². The smallest absolute Gasteiger partial charge is 0.304 e. The van der Waals surface area contributed by atoms with Gasteiger partial charge in [0, 0.05) is 19.6 Å². The Bertz CT molecular complexity index is 215. The molecule has 14 heavy (non-hydrogen) atoms. The summed E-state index contributed by atoms with van der Waals surface area (Å²) in [5.74, 6) is -0.734. The van der Waals surface area contributed by atoms with Gasteiger partial charge in [-0.05, 0) is 20.8 Å². The van der Waals surface area contributed by atoms with E-state index in [9.17, 15) is 4.79 Å². The SMILES string of the molecule is CC1CN(CCC(=O)O)CC(C)(C)O1. The predicted octanol–water partition coefficient (Wildman–Crippen LogP) is 0.960. The number of ether oxygens (including phenoxy) is 1. The molecule has 1 aliphatic heterocycles. The Morgan fingerprint density at radius 3 is 2.79 bits per heavy atom. The molecule has 1 heterocycles. The Hall–Kier alpha value is -0.610. The highest BCUT2D eigenvalue weighted by molar-refractivity contribution is 5.66. The van der Waals surface area contributed by atoms with E-state index in [4.69, 9.17) is 9.84 Å². The fourth-order valence-electron chi connectivity index (χ4n) is 2.01. The fraction of sp³-hybridized carbons (Fsp3) is 0.900. The lowest BCUT2D eigenvalue weighted by molar-refractivity contribution is -0.142. The Labute approximate surface area is 84.8 Å². The molecule has 1 rings (SSSR count). The van der Waals surface area contributed by atoms with Crippen LogP contribution in [0.25, 0.3) is 0 Å². The molecule has 0 saturated carbocycles. The van der Waals surface area contributed by atoms with Gasteiger partial charge < -0.3 is 9.84 Å². The van der Waals surface area contributed by atoms with Crippen LogP contribution < -0.4 is 0 Å². The van der Waals surface area contributed by atoms with Crippen molar-refractivity contribution < 1.29 is 14.6 Å². The third kappa shape index (κ3) is 3.64. The molecule has 1 fully saturated rings. The molecule has 0 aromatic rings. The average molecular weight is 201 g/mol. The zero-order valence-corrected chi connectivity index (χ0v) is 9.12. The Morgan fingerprint density at radius 2 is 2.29 bits per heavy atom. The first-order valence-corrected chi connectivity index (χ1v) is 5.01. The number of aliphatic carboxylic acids is 1. The number of carboxylic acids is 1. The summed E-state index contributed by atoms with van der Waals surface area (Å²) >= 11 is 0. The van der Waals surface area contributed by atoms with Crippen LogP contribution in [0.2, 0.25) is 0 Å². The van der Waals surface area contributed by atoms with Crippen LogP contribution in [0.5, 0.6) is 0 Å². The molecular formula is C10H19NO3. The first kappa shape index (κ1) is 11.5. The molecule has 4 heteroatoms. The van der Waals surface area contributed by atoms with E-state index < -0.39 is 5.97 Å². The van der Waals surface area contributed by atoms with Crippen molar-refractivity contribution in [3.63, 3.8) is 0 Å². The van der Waals surface area contributed by atoms with Gasteiger partial charge in [0.25, 0.3) is 0 Å². The molecule has 1 unspecified atom stereocenters. The number of hydrogen-bond acceptors (Lipinski definition) is 3. The molecule has 82 valence electrons. The monoisotopic (exact) mass is 201 g/mol. The van der Waals surface area contributed by atoms with Crippen molar-refractivity contribution in [3.05, 3.63) is 0 Å². The lowest BCUT2D eigenvalue weighted by Gasteiger charge is -2.41. The highest BCUT2D eigenvalue weighted by atomic mass is 16.5. The molecule has 0 bridgehead atoms. The molecule has 1 atom stereocenters. The number of nitrogens with zero attached hydrogens (tertiary/aromatic N) is 1. The number of carboxylic acid groups (broad SMARTS) is 1. The van der Waals surface area contributed by atoms with Gasteiger partial charge in [0.2, 0.25) is 0 Å². The van der Waals surface area contributed by atoms with E-state index in [1.807, 2.05) is 20.8 Å². The van der Waals surface area contributed by atoms with Crippen molar-refractivity contribution >= 4 is 5.97 Å². The minimum Gasteiger partial charge on any atom is -0.481 e. The predicted molar refractivity (Wildman–Crippen MR) is 53.3 cm³/mol. The summed E-state index contributed by atoms with van der Waals surface area (Å²) in [6.45, 7) is 8.36. The van der Waals surface area contributed by atoms with Crippen LogP contribution in [-0.4, -0.2) is 47.3 Å². The molecule has 4 nitrogen and oxygen atoms in total. The zero-order valence-electron chi connectivity index (χ0n) is 9.12. The zero-order chi connectivity index (χ0) is 10.8. The maximum absolute atomic E-state index is 10.4. The molecule has 1 N–H and O–H groups in total. The van der Waals surface area contributed by atoms with Crippen molar-refractivity contribution in [2.45, 2.75) is 38.9 Å². The number of rotatable bonds is 3. The maximum Gasteiger partial charge on any atom is 0.304 e. The van der Waals surface area contributed by atoms with Gasteiger partial charge >= 0.3 is 5.97 Å². The molecule has 0 radical (unpaired) electrons. The second kappa shape index (κ2) is 4.28. The molecule has 0 aromatic carbocycles. The van der Waals surface area contributed by atoms with Gasteiger partial charge in [0.1, 0.15) is 0 Å². The minimum absolute atomic E-state index is 0.157. The van der Waals surface area contributed by atoms with E-state index in [2.05, 4.69) is 4.90 Å². The first-order chi connectivity index (χ1) is 6.39. The van der Waals surface area contributed by atoms with Crippen LogP contribution in [0.3, 0.4) is 0 Å². The Kier molecular flexibility index (Phi) is 3.50. The quantitative estimate of drug-likeness (QED) is 0.739. The summed E-state index contributed by atoms with van der Waals surface area (Å²) < 4.78 is 5.72. The van der Waals surface area contributed by atoms with Crippen molar-refractivity contribution in [3.8, 4) is 0 Å². The average Bonchev–Trinajstić information content (AvgIpc) is 1.96. The number of hydrogen-bond donors (Lipinski definition) is 1. The minimum atomic E-state index is -0.734. The second-order valence-corrected chi connectivity index (χ2v) is 4.57. The molecule has 0 aliphatic carbocycles. The van der Waals surface area contributed by atoms with Gasteiger partial charge in [-0.15, -0.1) is 0 Å². The van der Waals surface area contributed by atoms with E-state index in [1.54, 1.807) is 0 Å². The number of carbonyl (C=O) groups is 1. The molecule has 0 amide bonds. The topological polar surface area (TPSA) is 49.8 Å². The maximum atomic E-state index is 10.4. The fourth-order valence-corrected chi connectivity index (χ4v) is 2.01. The van der Waals surface area contributed by atoms with Gasteiger partial charge in [-0.25, -0.2) is 0 Å². The third-order valence-corrected chi connectivity index (χ3v) is 2.28. The van der Waals surface area contributed by atoms with Crippen molar-refractivity contribution in [2.75, 3.05) is 19.6 Å². The first-order valence-electron chi connectivity index (χ1n) is 5.01. The van der Waals surface area contributed by atoms with Gasteiger partial charge in [-0.1, -0.05) is 0 Å². The normalized spacial score (nSPS) is 27.5. The highest BCUT2D eigenvalue weighted by Gasteiger charge is 2.30. The van der Waals surface area contributed by atoms with Gasteiger partial charge in [0.05, 0.1) is 18.1 Å². The summed E-state index contributed by atoms with van der Waals surface area (Å²) in [6, 6.07) is 0. The largest absolute Gasteiger partial charge is 0.481 e. The Morgan fingerprint density at radius 1 is 1.64 bits per heavy atom. The molecule has 0 aromatic heterocycles. The second-order valence-electron chi connectivity index (χ2n) is 4.57. The summed E-state index contributed by atoms with van der Waals surface area (Å²) in [7, 11) is 0. The molecule has 0 spiro atoms. The van der Waals surface area contributed by atoms with E-state index in [1.165, 1.54) is 0 Å². The lowest BCUT2D eigenvalue weighted by atomic mass is 10.1. The summed E-state index contributed by atoms with van der Waals surface area (Å²) in [5, 5.41) is 8.58.